The van der Waals surface area contributed by atoms with E-state index >= 15 is 0 Å². The van der Waals surface area contributed by atoms with E-state index in [1.807, 2.05) is 13.8 Å². The molecule has 0 unspecified atom stereocenters. The van der Waals surface area contributed by atoms with Crippen molar-refractivity contribution in [2.24, 2.45) is 5.92 Å². The summed E-state index contributed by atoms with van der Waals surface area (Å²) in [5.41, 5.74) is 0. The zero-order valence-corrected chi connectivity index (χ0v) is 14.7. The molecule has 1 fully saturated rings. The Hall–Kier alpha value is -0.0400. The van der Waals surface area contributed by atoms with Gasteiger partial charge in [-0.1, -0.05) is 74.1 Å². The van der Waals surface area contributed by atoms with Crippen molar-refractivity contribution in [1.82, 2.24) is 4.90 Å². The van der Waals surface area contributed by atoms with E-state index in [4.69, 9.17) is 0 Å². The first-order valence-corrected chi connectivity index (χ1v) is 8.30. The number of hydrogen-bond acceptors (Lipinski definition) is 1. The van der Waals surface area contributed by atoms with E-state index in [1.54, 1.807) is 0 Å². The summed E-state index contributed by atoms with van der Waals surface area (Å²) >= 11 is 0. The van der Waals surface area contributed by atoms with Gasteiger partial charge in [0.1, 0.15) is 0 Å². The molecule has 18 heavy (non-hydrogen) atoms. The van der Waals surface area contributed by atoms with Crippen LogP contribution in [-0.4, -0.2) is 25.0 Å². The minimum Gasteiger partial charge on any atom is -0.306 e. The first-order chi connectivity index (χ1) is 8.62. The van der Waals surface area contributed by atoms with Gasteiger partial charge in [-0.15, -0.1) is 0 Å². The molecule has 0 saturated carbocycles. The van der Waals surface area contributed by atoms with Crippen LogP contribution in [0.1, 0.15) is 87.0 Å². The van der Waals surface area contributed by atoms with E-state index < -0.39 is 0 Å². The normalized spacial score (nSPS) is 15.3. The zero-order chi connectivity index (χ0) is 14.8. The smallest absolute Gasteiger partial charge is 0.00192 e. The van der Waals surface area contributed by atoms with Crippen LogP contribution in [0.5, 0.6) is 0 Å². The molecule has 1 aliphatic heterocycles. The molecule has 1 heteroatoms. The molecule has 0 bridgehead atoms. The Kier molecular flexibility index (Phi) is 28.4. The second kappa shape index (κ2) is 22.2. The molecule has 1 heterocycles. The Labute approximate surface area is 118 Å². The average Bonchev–Trinajstić information content (AvgIpc) is 2.45. The molecule has 0 radical (unpaired) electrons. The van der Waals surface area contributed by atoms with Crippen molar-refractivity contribution in [2.75, 3.05) is 20.1 Å². The average molecular weight is 260 g/mol. The topological polar surface area (TPSA) is 3.24 Å². The highest BCUT2D eigenvalue weighted by Crippen LogP contribution is 2.13. The van der Waals surface area contributed by atoms with E-state index in [2.05, 4.69) is 46.6 Å². The lowest BCUT2D eigenvalue weighted by molar-refractivity contribution is 0.230. The lowest BCUT2D eigenvalue weighted by Crippen LogP contribution is -2.28. The maximum atomic E-state index is 2.40. The van der Waals surface area contributed by atoms with Gasteiger partial charge in [0.15, 0.2) is 0 Å². The van der Waals surface area contributed by atoms with Gasteiger partial charge in [-0.25, -0.2) is 0 Å². The molecule has 0 amide bonds. The molecule has 1 saturated heterocycles. The van der Waals surface area contributed by atoms with E-state index in [0.29, 0.717) is 0 Å². The Bertz CT molecular complexity index is 86.2. The van der Waals surface area contributed by atoms with Crippen LogP contribution in [0.4, 0.5) is 0 Å². The number of hydrogen-bond donors (Lipinski definition) is 0. The molecular weight excluding hydrogens is 218 g/mol. The predicted octanol–water partition coefficient (Wildman–Crippen LogP) is 5.99. The third kappa shape index (κ3) is 25.0. The number of piperidine rings is 1. The van der Waals surface area contributed by atoms with Crippen LogP contribution in [0.3, 0.4) is 0 Å². The molecular formula is C17H41N. The summed E-state index contributed by atoms with van der Waals surface area (Å²) in [6, 6.07) is 0. The number of rotatable bonds is 2. The van der Waals surface area contributed by atoms with Crippen LogP contribution in [0.15, 0.2) is 0 Å². The van der Waals surface area contributed by atoms with Gasteiger partial charge in [-0.2, -0.15) is 0 Å². The van der Waals surface area contributed by atoms with Crippen molar-refractivity contribution >= 4 is 0 Å². The molecule has 1 rings (SSSR count). The highest BCUT2D eigenvalue weighted by Gasteiger charge is 2.10. The Morgan fingerprint density at radius 2 is 1.06 bits per heavy atom. The Morgan fingerprint density at radius 1 is 0.778 bits per heavy atom. The predicted molar refractivity (Wildman–Crippen MR) is 88.4 cm³/mol. The molecule has 0 atom stereocenters. The van der Waals surface area contributed by atoms with Crippen LogP contribution >= 0.6 is 0 Å². The van der Waals surface area contributed by atoms with Gasteiger partial charge in [0.25, 0.3) is 0 Å². The number of nitrogens with zero attached hydrogens (tertiary/aromatic N) is 1. The Balaban J connectivity index is -0.000000194. The van der Waals surface area contributed by atoms with Crippen molar-refractivity contribution in [3.63, 3.8) is 0 Å². The van der Waals surface area contributed by atoms with Crippen molar-refractivity contribution < 1.29 is 0 Å². The zero-order valence-electron chi connectivity index (χ0n) is 14.7. The van der Waals surface area contributed by atoms with Crippen LogP contribution in [0, 0.1) is 5.92 Å². The molecule has 0 aliphatic carbocycles. The quantitative estimate of drug-likeness (QED) is 0.589. The second-order valence-electron chi connectivity index (χ2n) is 4.99. The molecule has 0 aromatic carbocycles. The van der Waals surface area contributed by atoms with Crippen LogP contribution in [0.25, 0.3) is 0 Å². The molecule has 0 spiro atoms. The summed E-state index contributed by atoms with van der Waals surface area (Å²) < 4.78 is 0. The molecule has 0 aromatic heterocycles. The molecule has 1 aliphatic rings. The van der Waals surface area contributed by atoms with Crippen LogP contribution in [-0.2, 0) is 0 Å². The SMILES string of the molecule is CC.CC1CCN(C)CC1.CCCC.CCCC. The summed E-state index contributed by atoms with van der Waals surface area (Å²) in [7, 11) is 2.20. The maximum absolute atomic E-state index is 2.40. The van der Waals surface area contributed by atoms with E-state index in [0.717, 1.165) is 5.92 Å². The lowest BCUT2D eigenvalue weighted by atomic mass is 10.00. The summed E-state index contributed by atoms with van der Waals surface area (Å²) in [6.45, 7) is 17.7. The van der Waals surface area contributed by atoms with Gasteiger partial charge in [0.2, 0.25) is 0 Å². The highest BCUT2D eigenvalue weighted by molar-refractivity contribution is 4.65. The van der Waals surface area contributed by atoms with E-state index in [-0.39, 0.29) is 0 Å². The standard InChI is InChI=1S/C7H15N.2C4H10.C2H6/c1-7-3-5-8(2)6-4-7;2*1-3-4-2;1-2/h7H,3-6H2,1-2H3;2*3-4H2,1-2H3;1-2H3. The van der Waals surface area contributed by atoms with Gasteiger partial charge in [-0.3, -0.25) is 0 Å². The van der Waals surface area contributed by atoms with Gasteiger partial charge in [-0.05, 0) is 38.9 Å². The fraction of sp³-hybridized carbons (Fsp3) is 1.00. The van der Waals surface area contributed by atoms with Crippen molar-refractivity contribution in [1.29, 1.82) is 0 Å². The van der Waals surface area contributed by atoms with Gasteiger partial charge in [0.05, 0.1) is 0 Å². The van der Waals surface area contributed by atoms with Crippen molar-refractivity contribution in [3.05, 3.63) is 0 Å². The first-order valence-electron chi connectivity index (χ1n) is 8.30. The maximum Gasteiger partial charge on any atom is -0.00192 e. The summed E-state index contributed by atoms with van der Waals surface area (Å²) in [6.07, 6.45) is 8.08. The summed E-state index contributed by atoms with van der Waals surface area (Å²) in [4.78, 5) is 2.40. The molecule has 1 nitrogen and oxygen atoms in total. The van der Waals surface area contributed by atoms with Gasteiger partial charge >= 0.3 is 0 Å². The minimum absolute atomic E-state index is 0.978. The van der Waals surface area contributed by atoms with Gasteiger partial charge in [0, 0.05) is 0 Å². The van der Waals surface area contributed by atoms with Crippen LogP contribution in [0.2, 0.25) is 0 Å². The third-order valence-corrected chi connectivity index (χ3v) is 3.01. The first kappa shape index (κ1) is 23.1. The highest BCUT2D eigenvalue weighted by atomic mass is 15.1. The summed E-state index contributed by atoms with van der Waals surface area (Å²) in [5, 5.41) is 0. The largest absolute Gasteiger partial charge is 0.306 e. The van der Waals surface area contributed by atoms with Crippen molar-refractivity contribution in [3.8, 4) is 0 Å². The lowest BCUT2D eigenvalue weighted by Gasteiger charge is -2.26. The van der Waals surface area contributed by atoms with E-state index in [1.165, 1.54) is 51.6 Å². The number of unbranched alkanes of at least 4 members (excludes halogenated alkanes) is 2. The molecule has 114 valence electrons. The summed E-state index contributed by atoms with van der Waals surface area (Å²) in [5.74, 6) is 0.978. The van der Waals surface area contributed by atoms with Crippen LogP contribution < -0.4 is 0 Å². The van der Waals surface area contributed by atoms with Crippen molar-refractivity contribution in [2.45, 2.75) is 87.0 Å². The monoisotopic (exact) mass is 259 g/mol. The van der Waals surface area contributed by atoms with Gasteiger partial charge < -0.3 is 4.90 Å². The Morgan fingerprint density at radius 3 is 1.22 bits per heavy atom. The fourth-order valence-corrected chi connectivity index (χ4v) is 1.14. The molecule has 0 aromatic rings. The number of likely N-dealkylation sites (tertiary alicyclic amines) is 1. The second-order valence-corrected chi connectivity index (χ2v) is 4.99. The fourth-order valence-electron chi connectivity index (χ4n) is 1.14. The minimum atomic E-state index is 0.978. The third-order valence-electron chi connectivity index (χ3n) is 3.01. The molecule has 0 N–H and O–H groups in total. The van der Waals surface area contributed by atoms with E-state index in [9.17, 15) is 0 Å².